The lowest BCUT2D eigenvalue weighted by atomic mass is 9.99. The van der Waals surface area contributed by atoms with Crippen molar-refractivity contribution in [3.63, 3.8) is 0 Å². The molecule has 8 heteroatoms. The van der Waals surface area contributed by atoms with E-state index in [0.717, 1.165) is 5.56 Å². The summed E-state index contributed by atoms with van der Waals surface area (Å²) in [6.45, 7) is 1.71. The molecular formula is C16H22F3NO4. The molecule has 1 aromatic rings. The number of ether oxygens (including phenoxy) is 2. The maximum absolute atomic E-state index is 12.3. The molecule has 0 radical (unpaired) electrons. The monoisotopic (exact) mass is 349 g/mol. The summed E-state index contributed by atoms with van der Waals surface area (Å²) in [4.78, 5) is 10.7. The molecule has 0 saturated carbocycles. The first-order valence-corrected chi connectivity index (χ1v) is 7.46. The number of carboxylic acid groups (broad SMARTS) is 1. The highest BCUT2D eigenvalue weighted by atomic mass is 19.4. The molecule has 1 amide bonds. The molecule has 136 valence electrons. The number of aryl methyl sites for hydroxylation is 1. The molecule has 1 rings (SSSR count). The highest BCUT2D eigenvalue weighted by molar-refractivity contribution is 5.64. The summed E-state index contributed by atoms with van der Waals surface area (Å²) in [7, 11) is 2.90. The quantitative estimate of drug-likeness (QED) is 0.749. The van der Waals surface area contributed by atoms with Gasteiger partial charge in [0.2, 0.25) is 0 Å². The maximum atomic E-state index is 12.3. The summed E-state index contributed by atoms with van der Waals surface area (Å²) in [5.74, 6) is 0.965. The summed E-state index contributed by atoms with van der Waals surface area (Å²) in [6, 6.07) is 2.98. The maximum Gasteiger partial charge on any atom is 0.404 e. The number of methoxy groups -OCH3 is 2. The predicted octanol–water partition coefficient (Wildman–Crippen LogP) is 3.79. The van der Waals surface area contributed by atoms with Crippen molar-refractivity contribution in [2.24, 2.45) is 0 Å². The van der Waals surface area contributed by atoms with Gasteiger partial charge in [0.25, 0.3) is 0 Å². The molecule has 2 N–H and O–H groups in total. The summed E-state index contributed by atoms with van der Waals surface area (Å²) in [5.41, 5.74) is 1.34. The molecule has 24 heavy (non-hydrogen) atoms. The van der Waals surface area contributed by atoms with Gasteiger partial charge in [-0.15, -0.1) is 0 Å². The van der Waals surface area contributed by atoms with Crippen molar-refractivity contribution in [2.75, 3.05) is 14.2 Å². The highest BCUT2D eigenvalue weighted by Gasteiger charge is 2.26. The Kier molecular flexibility index (Phi) is 7.18. The van der Waals surface area contributed by atoms with Gasteiger partial charge in [0.1, 0.15) is 11.5 Å². The SMILES string of the molecule is COc1cc(CC(C)NC(=O)O)c(OC)cc1CCCC(F)(F)F. The van der Waals surface area contributed by atoms with Crippen LogP contribution in [0.4, 0.5) is 18.0 Å². The van der Waals surface area contributed by atoms with E-state index in [-0.39, 0.29) is 18.9 Å². The largest absolute Gasteiger partial charge is 0.496 e. The first-order valence-electron chi connectivity index (χ1n) is 7.46. The smallest absolute Gasteiger partial charge is 0.404 e. The van der Waals surface area contributed by atoms with Crippen LogP contribution in [-0.4, -0.2) is 37.6 Å². The van der Waals surface area contributed by atoms with Crippen molar-refractivity contribution in [1.29, 1.82) is 0 Å². The Bertz CT molecular complexity index is 561. The van der Waals surface area contributed by atoms with Crippen molar-refractivity contribution < 1.29 is 32.5 Å². The first-order chi connectivity index (χ1) is 11.2. The first kappa shape index (κ1) is 19.9. The van der Waals surface area contributed by atoms with E-state index >= 15 is 0 Å². The Labute approximate surface area is 138 Å². The van der Waals surface area contributed by atoms with Crippen LogP contribution in [0.3, 0.4) is 0 Å². The van der Waals surface area contributed by atoms with Gasteiger partial charge in [0, 0.05) is 12.5 Å². The Morgan fingerprint density at radius 1 is 1.21 bits per heavy atom. The number of rotatable bonds is 8. The van der Waals surface area contributed by atoms with Gasteiger partial charge < -0.3 is 19.9 Å². The fourth-order valence-electron chi connectivity index (χ4n) is 2.45. The Morgan fingerprint density at radius 3 is 2.25 bits per heavy atom. The molecule has 0 bridgehead atoms. The molecule has 0 aliphatic rings. The fraction of sp³-hybridized carbons (Fsp3) is 0.562. The van der Waals surface area contributed by atoms with Crippen molar-refractivity contribution in [2.45, 2.75) is 44.8 Å². The second-order valence-corrected chi connectivity index (χ2v) is 5.50. The van der Waals surface area contributed by atoms with Crippen molar-refractivity contribution >= 4 is 6.09 Å². The van der Waals surface area contributed by atoms with Crippen LogP contribution in [0.5, 0.6) is 11.5 Å². The van der Waals surface area contributed by atoms with Crippen LogP contribution < -0.4 is 14.8 Å². The lowest BCUT2D eigenvalue weighted by Crippen LogP contribution is -2.32. The molecule has 0 spiro atoms. The van der Waals surface area contributed by atoms with Gasteiger partial charge in [-0.25, -0.2) is 4.79 Å². The summed E-state index contributed by atoms with van der Waals surface area (Å²) in [5, 5.41) is 11.1. The molecule has 1 aromatic carbocycles. The second kappa shape index (κ2) is 8.65. The number of carbonyl (C=O) groups is 1. The van der Waals surface area contributed by atoms with Crippen LogP contribution in [-0.2, 0) is 12.8 Å². The van der Waals surface area contributed by atoms with Crippen LogP contribution in [0.15, 0.2) is 12.1 Å². The van der Waals surface area contributed by atoms with E-state index in [9.17, 15) is 18.0 Å². The average Bonchev–Trinajstić information content (AvgIpc) is 2.45. The van der Waals surface area contributed by atoms with Crippen LogP contribution in [0, 0.1) is 0 Å². The summed E-state index contributed by atoms with van der Waals surface area (Å²) >= 11 is 0. The second-order valence-electron chi connectivity index (χ2n) is 5.50. The molecule has 0 aliphatic carbocycles. The fourth-order valence-corrected chi connectivity index (χ4v) is 2.45. The number of hydrogen-bond acceptors (Lipinski definition) is 3. The van der Waals surface area contributed by atoms with Crippen molar-refractivity contribution in [1.82, 2.24) is 5.32 Å². The molecule has 0 aliphatic heterocycles. The lowest BCUT2D eigenvalue weighted by Gasteiger charge is -2.18. The van der Waals surface area contributed by atoms with Crippen LogP contribution in [0.25, 0.3) is 0 Å². The molecule has 0 fully saturated rings. The minimum absolute atomic E-state index is 0.0423. The van der Waals surface area contributed by atoms with Crippen molar-refractivity contribution in [3.05, 3.63) is 23.3 Å². The highest BCUT2D eigenvalue weighted by Crippen LogP contribution is 2.32. The topological polar surface area (TPSA) is 67.8 Å². The van der Waals surface area contributed by atoms with Gasteiger partial charge in [-0.05, 0) is 49.4 Å². The van der Waals surface area contributed by atoms with Gasteiger partial charge in [-0.2, -0.15) is 13.2 Å². The minimum atomic E-state index is -4.19. The zero-order chi connectivity index (χ0) is 18.3. The van der Waals surface area contributed by atoms with Crippen LogP contribution >= 0.6 is 0 Å². The number of nitrogens with one attached hydrogen (secondary N) is 1. The third-order valence-corrected chi connectivity index (χ3v) is 3.49. The van der Waals surface area contributed by atoms with E-state index in [0.29, 0.717) is 23.5 Å². The van der Waals surface area contributed by atoms with E-state index in [1.54, 1.807) is 19.1 Å². The van der Waals surface area contributed by atoms with E-state index in [4.69, 9.17) is 14.6 Å². The number of benzene rings is 1. The molecular weight excluding hydrogens is 327 g/mol. The molecule has 1 unspecified atom stereocenters. The summed E-state index contributed by atoms with van der Waals surface area (Å²) in [6.07, 6.45) is -5.64. The third kappa shape index (κ3) is 6.55. The summed E-state index contributed by atoms with van der Waals surface area (Å²) < 4.78 is 47.4. The molecule has 0 saturated heterocycles. The Balaban J connectivity index is 2.93. The van der Waals surface area contributed by atoms with E-state index < -0.39 is 18.7 Å². The zero-order valence-electron chi connectivity index (χ0n) is 13.9. The normalized spacial score (nSPS) is 12.6. The molecule has 0 aromatic heterocycles. The standard InChI is InChI=1S/C16H22F3NO4/c1-10(20-15(21)22)7-12-9-13(23-2)11(8-14(12)24-3)5-4-6-16(17,18)19/h8-10,20H,4-7H2,1-3H3,(H,21,22). The van der Waals surface area contributed by atoms with Crippen molar-refractivity contribution in [3.8, 4) is 11.5 Å². The molecule has 0 heterocycles. The van der Waals surface area contributed by atoms with Crippen LogP contribution in [0.1, 0.15) is 30.9 Å². The number of halogens is 3. The molecule has 1 atom stereocenters. The van der Waals surface area contributed by atoms with Gasteiger partial charge in [0.05, 0.1) is 14.2 Å². The molecule has 5 nitrogen and oxygen atoms in total. The van der Waals surface area contributed by atoms with Gasteiger partial charge in [-0.3, -0.25) is 0 Å². The van der Waals surface area contributed by atoms with E-state index in [2.05, 4.69) is 5.32 Å². The Hall–Kier alpha value is -2.12. The lowest BCUT2D eigenvalue weighted by molar-refractivity contribution is -0.135. The van der Waals surface area contributed by atoms with Crippen LogP contribution in [0.2, 0.25) is 0 Å². The number of amides is 1. The average molecular weight is 349 g/mol. The third-order valence-electron chi connectivity index (χ3n) is 3.49. The van der Waals surface area contributed by atoms with Gasteiger partial charge in [0.15, 0.2) is 0 Å². The van der Waals surface area contributed by atoms with Gasteiger partial charge in [-0.1, -0.05) is 0 Å². The zero-order valence-corrected chi connectivity index (χ0v) is 13.9. The van der Waals surface area contributed by atoms with E-state index in [1.165, 1.54) is 14.2 Å². The number of alkyl halides is 3. The minimum Gasteiger partial charge on any atom is -0.496 e. The predicted molar refractivity (Wildman–Crippen MR) is 82.9 cm³/mol. The van der Waals surface area contributed by atoms with Gasteiger partial charge >= 0.3 is 12.3 Å². The Morgan fingerprint density at radius 2 is 1.75 bits per heavy atom. The number of hydrogen-bond donors (Lipinski definition) is 2. The van der Waals surface area contributed by atoms with E-state index in [1.807, 2.05) is 0 Å².